The molecule has 2 rings (SSSR count). The lowest BCUT2D eigenvalue weighted by Gasteiger charge is -2.24. The Morgan fingerprint density at radius 1 is 0.538 bits per heavy atom. The van der Waals surface area contributed by atoms with Crippen LogP contribution >= 0.6 is 0 Å². The molecule has 0 bridgehead atoms. The zero-order valence-electron chi connectivity index (χ0n) is 8.93. The van der Waals surface area contributed by atoms with Crippen LogP contribution in [0.2, 0.25) is 31.5 Å². The quantitative estimate of drug-likeness (QED) is 0.559. The van der Waals surface area contributed by atoms with Gasteiger partial charge in [0.05, 0.1) is 0 Å². The molecule has 0 unspecified atom stereocenters. The molecule has 2 heteroatoms. The third-order valence-electron chi connectivity index (χ3n) is 4.12. The molecule has 0 aromatic rings. The fourth-order valence-corrected chi connectivity index (χ4v) is 3.32. The molecule has 0 saturated carbocycles. The van der Waals surface area contributed by atoms with E-state index in [0.717, 1.165) is 13.4 Å². The van der Waals surface area contributed by atoms with E-state index in [9.17, 15) is 0 Å². The van der Waals surface area contributed by atoms with Crippen LogP contribution < -0.4 is 0 Å². The zero-order valence-corrected chi connectivity index (χ0v) is 8.93. The Morgan fingerprint density at radius 3 is 1.31 bits per heavy atom. The van der Waals surface area contributed by atoms with Gasteiger partial charge < -0.3 is 0 Å². The highest BCUT2D eigenvalue weighted by molar-refractivity contribution is 6.77. The van der Waals surface area contributed by atoms with Gasteiger partial charge in [-0.3, -0.25) is 0 Å². The first-order valence-electron chi connectivity index (χ1n) is 6.45. The molecule has 0 amide bonds. The number of hydrogen-bond donors (Lipinski definition) is 0. The highest BCUT2D eigenvalue weighted by Crippen LogP contribution is 2.27. The van der Waals surface area contributed by atoms with Gasteiger partial charge in [0.1, 0.15) is 13.4 Å². The minimum absolute atomic E-state index is 1.12. The van der Waals surface area contributed by atoms with Gasteiger partial charge in [0, 0.05) is 0 Å². The molecule has 13 heavy (non-hydrogen) atoms. The molecule has 0 N–H and O–H groups in total. The first-order chi connectivity index (χ1) is 6.45. The Balaban J connectivity index is 1.69. The summed E-state index contributed by atoms with van der Waals surface area (Å²) in [5.41, 5.74) is 0. The van der Waals surface area contributed by atoms with Crippen molar-refractivity contribution < 1.29 is 0 Å². The van der Waals surface area contributed by atoms with E-state index in [1.54, 1.807) is 31.5 Å². The van der Waals surface area contributed by atoms with Gasteiger partial charge in [-0.2, -0.15) is 0 Å². The second-order valence-electron chi connectivity index (χ2n) is 5.24. The van der Waals surface area contributed by atoms with E-state index in [1.807, 2.05) is 0 Å². The zero-order chi connectivity index (χ0) is 8.93. The van der Waals surface area contributed by atoms with Crippen LogP contribution in [0.15, 0.2) is 0 Å². The summed E-state index contributed by atoms with van der Waals surface area (Å²) in [7, 11) is 0. The van der Waals surface area contributed by atoms with Crippen LogP contribution in [0.3, 0.4) is 0 Å². The summed E-state index contributed by atoms with van der Waals surface area (Å²) in [4.78, 5) is 0. The van der Waals surface area contributed by atoms with Gasteiger partial charge in [0.2, 0.25) is 0 Å². The molecule has 0 radical (unpaired) electrons. The fourth-order valence-electron chi connectivity index (χ4n) is 3.32. The lowest BCUT2D eigenvalue weighted by molar-refractivity contribution is 0.713. The predicted molar refractivity (Wildman–Crippen MR) is 63.2 cm³/mol. The molecule has 2 aliphatic rings. The highest BCUT2D eigenvalue weighted by Gasteiger charge is 2.24. The van der Waals surface area contributed by atoms with Gasteiger partial charge in [-0.05, 0) is 0 Å². The topological polar surface area (TPSA) is 0 Å². The van der Waals surface area contributed by atoms with Crippen molar-refractivity contribution in [3.63, 3.8) is 0 Å². The Hall–Kier alpha value is 0.130. The number of rotatable bonds is 2. The van der Waals surface area contributed by atoms with E-state index in [0.29, 0.717) is 0 Å². The minimum Gasteiger partial charge on any atom is -0.0948 e. The molecule has 2 fully saturated rings. The van der Waals surface area contributed by atoms with Crippen molar-refractivity contribution in [3.05, 3.63) is 0 Å². The van der Waals surface area contributed by atoms with E-state index in [-0.39, 0.29) is 0 Å². The lowest BCUT2D eigenvalue weighted by atomic mass is 9.23. The largest absolute Gasteiger partial charge is 0.132 e. The summed E-state index contributed by atoms with van der Waals surface area (Å²) in [6.45, 7) is 2.24. The third-order valence-corrected chi connectivity index (χ3v) is 4.12. The second kappa shape index (κ2) is 5.12. The SMILES string of the molecule is C1CCB(CB2CCCCC2)CC1. The Bertz CT molecular complexity index is 119. The van der Waals surface area contributed by atoms with Crippen LogP contribution in [-0.4, -0.2) is 13.4 Å². The van der Waals surface area contributed by atoms with Crippen molar-refractivity contribution in [2.75, 3.05) is 0 Å². The molecule has 0 aromatic heterocycles. The molecule has 2 heterocycles. The van der Waals surface area contributed by atoms with Gasteiger partial charge in [0.25, 0.3) is 0 Å². The van der Waals surface area contributed by atoms with Crippen LogP contribution in [0.25, 0.3) is 0 Å². The second-order valence-corrected chi connectivity index (χ2v) is 5.24. The smallest absolute Gasteiger partial charge is 0.0948 e. The third kappa shape index (κ3) is 3.07. The van der Waals surface area contributed by atoms with E-state index in [4.69, 9.17) is 0 Å². The summed E-state index contributed by atoms with van der Waals surface area (Å²) in [6, 6.07) is 0. The Labute approximate surface area is 84.0 Å². The average molecular weight is 176 g/mol. The van der Waals surface area contributed by atoms with E-state index >= 15 is 0 Å². The molecular formula is C11H22B2. The first kappa shape index (κ1) is 9.68. The van der Waals surface area contributed by atoms with Crippen LogP contribution in [0.4, 0.5) is 0 Å². The summed E-state index contributed by atoms with van der Waals surface area (Å²) >= 11 is 0. The monoisotopic (exact) mass is 176 g/mol. The predicted octanol–water partition coefficient (Wildman–Crippen LogP) is 3.88. The van der Waals surface area contributed by atoms with Gasteiger partial charge in [-0.15, -0.1) is 0 Å². The first-order valence-corrected chi connectivity index (χ1v) is 6.45. The molecule has 2 aliphatic heterocycles. The molecule has 0 aliphatic carbocycles. The summed E-state index contributed by atoms with van der Waals surface area (Å²) in [5, 5.41) is 0. The van der Waals surface area contributed by atoms with Crippen molar-refractivity contribution >= 4 is 13.4 Å². The maximum atomic E-state index is 1.58. The van der Waals surface area contributed by atoms with Gasteiger partial charge >= 0.3 is 0 Å². The van der Waals surface area contributed by atoms with Crippen molar-refractivity contribution in [2.24, 2.45) is 0 Å². The Kier molecular flexibility index (Phi) is 3.81. The maximum absolute atomic E-state index is 1.58. The number of hydrogen-bond acceptors (Lipinski definition) is 0. The van der Waals surface area contributed by atoms with Gasteiger partial charge in [0.15, 0.2) is 0 Å². The molecule has 0 atom stereocenters. The summed E-state index contributed by atoms with van der Waals surface area (Å²) in [5.74, 6) is 0. The minimum atomic E-state index is 1.12. The molecule has 0 aromatic carbocycles. The molecular weight excluding hydrogens is 154 g/mol. The van der Waals surface area contributed by atoms with Crippen molar-refractivity contribution in [2.45, 2.75) is 70.0 Å². The van der Waals surface area contributed by atoms with Crippen molar-refractivity contribution in [1.82, 2.24) is 0 Å². The molecule has 72 valence electrons. The molecule has 0 nitrogen and oxygen atoms in total. The van der Waals surface area contributed by atoms with E-state index in [1.165, 1.54) is 38.5 Å². The molecule has 0 spiro atoms. The normalized spacial score (nSPS) is 24.9. The van der Waals surface area contributed by atoms with Crippen LogP contribution in [0.5, 0.6) is 0 Å². The van der Waals surface area contributed by atoms with E-state index in [2.05, 4.69) is 0 Å². The van der Waals surface area contributed by atoms with Crippen molar-refractivity contribution in [1.29, 1.82) is 0 Å². The molecule has 2 saturated heterocycles. The Morgan fingerprint density at radius 2 is 0.923 bits per heavy atom. The standard InChI is InChI=1S/C11H22B2/c1-3-7-12(8-4-1)11-13-9-5-2-6-10-13/h1-11H2. The lowest BCUT2D eigenvalue weighted by Crippen LogP contribution is -2.27. The fraction of sp³-hybridized carbons (Fsp3) is 1.00. The van der Waals surface area contributed by atoms with Gasteiger partial charge in [-0.25, -0.2) is 0 Å². The highest BCUT2D eigenvalue weighted by atomic mass is 14.0. The van der Waals surface area contributed by atoms with Crippen LogP contribution in [0, 0.1) is 0 Å². The van der Waals surface area contributed by atoms with E-state index < -0.39 is 0 Å². The average Bonchev–Trinajstić information content (AvgIpc) is 2.21. The van der Waals surface area contributed by atoms with Gasteiger partial charge in [-0.1, -0.05) is 70.0 Å². The van der Waals surface area contributed by atoms with Crippen LogP contribution in [-0.2, 0) is 0 Å². The summed E-state index contributed by atoms with van der Waals surface area (Å²) in [6.07, 6.45) is 16.9. The van der Waals surface area contributed by atoms with Crippen molar-refractivity contribution in [3.8, 4) is 0 Å². The van der Waals surface area contributed by atoms with Crippen LogP contribution in [0.1, 0.15) is 38.5 Å². The maximum Gasteiger partial charge on any atom is 0.132 e. The summed E-state index contributed by atoms with van der Waals surface area (Å²) < 4.78 is 0.